The summed E-state index contributed by atoms with van der Waals surface area (Å²) in [5, 5.41) is 0. The monoisotopic (exact) mass is 280 g/mol. The van der Waals surface area contributed by atoms with E-state index in [9.17, 15) is 0 Å². The largest absolute Gasteiger partial charge is 0.0654 e. The summed E-state index contributed by atoms with van der Waals surface area (Å²) < 4.78 is 0. The fourth-order valence-electron chi connectivity index (χ4n) is 6.05. The predicted molar refractivity (Wildman–Crippen MR) is 92.1 cm³/mol. The molecule has 0 saturated heterocycles. The van der Waals surface area contributed by atoms with Crippen LogP contribution in [0.2, 0.25) is 0 Å². The summed E-state index contributed by atoms with van der Waals surface area (Å²) in [5.41, 5.74) is 1.73. The molecule has 1 rings (SSSR count). The third-order valence-electron chi connectivity index (χ3n) is 7.04. The SMILES string of the molecule is CCCC(C)(CCC)C(CC)(CCC)C1(C)CC1CC. The Morgan fingerprint density at radius 1 is 0.900 bits per heavy atom. The van der Waals surface area contributed by atoms with Crippen LogP contribution in [-0.2, 0) is 0 Å². The molecule has 3 unspecified atom stereocenters. The Bertz CT molecular complexity index is 286. The van der Waals surface area contributed by atoms with E-state index in [0.29, 0.717) is 16.2 Å². The van der Waals surface area contributed by atoms with E-state index in [1.807, 2.05) is 0 Å². The van der Waals surface area contributed by atoms with Crippen LogP contribution in [0, 0.1) is 22.2 Å². The molecular formula is C20H40. The molecule has 1 aliphatic carbocycles. The Balaban J connectivity index is 3.21. The van der Waals surface area contributed by atoms with Crippen LogP contribution < -0.4 is 0 Å². The lowest BCUT2D eigenvalue weighted by Crippen LogP contribution is -2.46. The Morgan fingerprint density at radius 3 is 1.70 bits per heavy atom. The van der Waals surface area contributed by atoms with Crippen molar-refractivity contribution in [1.82, 2.24) is 0 Å². The van der Waals surface area contributed by atoms with E-state index >= 15 is 0 Å². The highest BCUT2D eigenvalue weighted by Crippen LogP contribution is 2.73. The summed E-state index contributed by atoms with van der Waals surface area (Å²) in [6.07, 6.45) is 12.6. The highest BCUT2D eigenvalue weighted by molar-refractivity contribution is 5.14. The Morgan fingerprint density at radius 2 is 1.40 bits per heavy atom. The highest BCUT2D eigenvalue weighted by Gasteiger charge is 2.65. The molecule has 1 fully saturated rings. The van der Waals surface area contributed by atoms with Crippen molar-refractivity contribution in [3.63, 3.8) is 0 Å². The van der Waals surface area contributed by atoms with Crippen LogP contribution in [0.1, 0.15) is 106 Å². The summed E-state index contributed by atoms with van der Waals surface area (Å²) in [6.45, 7) is 17.3. The zero-order valence-electron chi connectivity index (χ0n) is 15.4. The molecule has 0 heterocycles. The summed E-state index contributed by atoms with van der Waals surface area (Å²) in [4.78, 5) is 0. The predicted octanol–water partition coefficient (Wildman–Crippen LogP) is 7.23. The Kier molecular flexibility index (Phi) is 6.17. The van der Waals surface area contributed by atoms with Gasteiger partial charge in [-0.05, 0) is 54.3 Å². The number of hydrogen-bond donors (Lipinski definition) is 0. The summed E-state index contributed by atoms with van der Waals surface area (Å²) in [5.74, 6) is 0.988. The average Bonchev–Trinajstić information content (AvgIpc) is 3.09. The van der Waals surface area contributed by atoms with Gasteiger partial charge in [0.25, 0.3) is 0 Å². The molecule has 0 amide bonds. The normalized spacial score (nSPS) is 29.2. The van der Waals surface area contributed by atoms with E-state index in [2.05, 4.69) is 48.5 Å². The lowest BCUT2D eigenvalue weighted by Gasteiger charge is -2.54. The van der Waals surface area contributed by atoms with Crippen molar-refractivity contribution in [3.05, 3.63) is 0 Å². The lowest BCUT2D eigenvalue weighted by atomic mass is 9.50. The van der Waals surface area contributed by atoms with Crippen molar-refractivity contribution in [3.8, 4) is 0 Å². The molecule has 0 aromatic rings. The maximum Gasteiger partial charge on any atom is -0.0190 e. The number of rotatable bonds is 10. The van der Waals surface area contributed by atoms with Gasteiger partial charge >= 0.3 is 0 Å². The van der Waals surface area contributed by atoms with Gasteiger partial charge in [-0.25, -0.2) is 0 Å². The molecule has 0 N–H and O–H groups in total. The van der Waals surface area contributed by atoms with Gasteiger partial charge in [-0.15, -0.1) is 0 Å². The van der Waals surface area contributed by atoms with Gasteiger partial charge in [0.2, 0.25) is 0 Å². The Hall–Kier alpha value is 0. The lowest BCUT2D eigenvalue weighted by molar-refractivity contribution is -0.0538. The average molecular weight is 281 g/mol. The molecule has 20 heavy (non-hydrogen) atoms. The zero-order valence-corrected chi connectivity index (χ0v) is 15.4. The standard InChI is InChI=1S/C20H40/c1-8-13-18(6,14-9-2)20(12-5,15-10-3)19(7)16-17(19)11-4/h17H,8-16H2,1-7H3. The van der Waals surface area contributed by atoms with Crippen LogP contribution >= 0.6 is 0 Å². The van der Waals surface area contributed by atoms with Gasteiger partial charge in [-0.1, -0.05) is 74.1 Å². The molecule has 0 bridgehead atoms. The van der Waals surface area contributed by atoms with Gasteiger partial charge in [0.05, 0.1) is 0 Å². The minimum absolute atomic E-state index is 0.542. The fourth-order valence-corrected chi connectivity index (χ4v) is 6.05. The van der Waals surface area contributed by atoms with E-state index in [1.165, 1.54) is 57.8 Å². The van der Waals surface area contributed by atoms with Crippen molar-refractivity contribution < 1.29 is 0 Å². The first-order valence-corrected chi connectivity index (χ1v) is 9.41. The Labute approximate surface area is 129 Å². The van der Waals surface area contributed by atoms with Crippen LogP contribution in [0.4, 0.5) is 0 Å². The zero-order chi connectivity index (χ0) is 15.4. The smallest absolute Gasteiger partial charge is 0.0190 e. The van der Waals surface area contributed by atoms with Crippen LogP contribution in [0.15, 0.2) is 0 Å². The van der Waals surface area contributed by atoms with Crippen molar-refractivity contribution >= 4 is 0 Å². The van der Waals surface area contributed by atoms with Crippen molar-refractivity contribution in [1.29, 1.82) is 0 Å². The topological polar surface area (TPSA) is 0 Å². The molecule has 1 saturated carbocycles. The maximum absolute atomic E-state index is 2.63. The first kappa shape index (κ1) is 18.1. The molecule has 0 nitrogen and oxygen atoms in total. The van der Waals surface area contributed by atoms with Gasteiger partial charge in [0.15, 0.2) is 0 Å². The minimum atomic E-state index is 0.542. The van der Waals surface area contributed by atoms with E-state index < -0.39 is 0 Å². The van der Waals surface area contributed by atoms with Crippen LogP contribution in [0.25, 0.3) is 0 Å². The third kappa shape index (κ3) is 2.69. The quantitative estimate of drug-likeness (QED) is 0.396. The molecule has 0 aromatic heterocycles. The van der Waals surface area contributed by atoms with Gasteiger partial charge in [-0.3, -0.25) is 0 Å². The van der Waals surface area contributed by atoms with Crippen LogP contribution in [0.5, 0.6) is 0 Å². The van der Waals surface area contributed by atoms with Crippen LogP contribution in [0.3, 0.4) is 0 Å². The van der Waals surface area contributed by atoms with Crippen molar-refractivity contribution in [2.24, 2.45) is 22.2 Å². The first-order valence-electron chi connectivity index (χ1n) is 9.41. The number of hydrogen-bond acceptors (Lipinski definition) is 0. The highest BCUT2D eigenvalue weighted by atomic mass is 14.7. The van der Waals surface area contributed by atoms with Gasteiger partial charge in [-0.2, -0.15) is 0 Å². The molecule has 1 aliphatic rings. The molecule has 120 valence electrons. The maximum atomic E-state index is 2.63. The van der Waals surface area contributed by atoms with Crippen molar-refractivity contribution in [2.45, 2.75) is 106 Å². The van der Waals surface area contributed by atoms with E-state index in [0.717, 1.165) is 5.92 Å². The molecule has 0 aliphatic heterocycles. The molecule has 3 atom stereocenters. The second-order valence-electron chi connectivity index (χ2n) is 7.97. The molecule has 0 aromatic carbocycles. The summed E-state index contributed by atoms with van der Waals surface area (Å²) in [7, 11) is 0. The van der Waals surface area contributed by atoms with E-state index in [4.69, 9.17) is 0 Å². The summed E-state index contributed by atoms with van der Waals surface area (Å²) >= 11 is 0. The van der Waals surface area contributed by atoms with E-state index in [1.54, 1.807) is 0 Å². The van der Waals surface area contributed by atoms with Gasteiger partial charge in [0, 0.05) is 0 Å². The third-order valence-corrected chi connectivity index (χ3v) is 7.04. The molecule has 0 heteroatoms. The minimum Gasteiger partial charge on any atom is -0.0654 e. The second-order valence-corrected chi connectivity index (χ2v) is 7.97. The van der Waals surface area contributed by atoms with Gasteiger partial charge in [0.1, 0.15) is 0 Å². The van der Waals surface area contributed by atoms with Crippen molar-refractivity contribution in [2.75, 3.05) is 0 Å². The molecule has 0 spiro atoms. The summed E-state index contributed by atoms with van der Waals surface area (Å²) in [6, 6.07) is 0. The van der Waals surface area contributed by atoms with Gasteiger partial charge < -0.3 is 0 Å². The fraction of sp³-hybridized carbons (Fsp3) is 1.00. The first-order chi connectivity index (χ1) is 9.41. The second kappa shape index (κ2) is 6.84. The molecular weight excluding hydrogens is 240 g/mol. The molecule has 0 radical (unpaired) electrons. The van der Waals surface area contributed by atoms with Crippen LogP contribution in [-0.4, -0.2) is 0 Å². The van der Waals surface area contributed by atoms with E-state index in [-0.39, 0.29) is 0 Å².